The van der Waals surface area contributed by atoms with Gasteiger partial charge in [-0.3, -0.25) is 0 Å². The normalized spacial score (nSPS) is 12.7. The molecule has 0 aliphatic rings. The molecule has 0 unspecified atom stereocenters. The van der Waals surface area contributed by atoms with Crippen LogP contribution in [0.5, 0.6) is 0 Å². The van der Waals surface area contributed by atoms with Crippen LogP contribution in [0, 0.1) is 0 Å². The van der Waals surface area contributed by atoms with Crippen molar-refractivity contribution in [3.63, 3.8) is 0 Å². The van der Waals surface area contributed by atoms with Gasteiger partial charge < -0.3 is 4.90 Å². The number of nitrogens with zero attached hydrogens (tertiary/aromatic N) is 1. The lowest BCUT2D eigenvalue weighted by Gasteiger charge is -2.29. The summed E-state index contributed by atoms with van der Waals surface area (Å²) in [5.74, 6) is 0. The molecule has 11 aromatic rings. The third kappa shape index (κ3) is 7.37. The van der Waals surface area contributed by atoms with Crippen LogP contribution in [0.4, 0.5) is 17.1 Å². The van der Waals surface area contributed by atoms with Gasteiger partial charge in [-0.2, -0.15) is 0 Å². The fraction of sp³-hybridized carbons (Fsp3) is 0. The number of rotatable bonds is 9. The molecule has 0 aliphatic carbocycles. The summed E-state index contributed by atoms with van der Waals surface area (Å²) in [6.45, 7) is 0. The van der Waals surface area contributed by atoms with E-state index in [1.807, 2.05) is 170 Å². The number of hydrogen-bond acceptors (Lipinski definition) is 1. The molecular weight excluding hydrogens is 759 g/mol. The Morgan fingerprint density at radius 1 is 0.286 bits per heavy atom. The van der Waals surface area contributed by atoms with Crippen molar-refractivity contribution in [2.45, 2.75) is 0 Å². The Kier molecular flexibility index (Phi) is 8.12. The van der Waals surface area contributed by atoms with Crippen molar-refractivity contribution in [2.75, 3.05) is 4.90 Å². The maximum Gasteiger partial charge on any atom is 0.0645 e. The predicted molar refractivity (Wildman–Crippen MR) is 269 cm³/mol. The zero-order valence-electron chi connectivity index (χ0n) is 41.2. The second kappa shape index (κ2) is 16.7. The van der Waals surface area contributed by atoms with Crippen molar-refractivity contribution in [3.8, 4) is 66.8 Å². The summed E-state index contributed by atoms with van der Waals surface area (Å²) >= 11 is 0. The minimum Gasteiger partial charge on any atom is -0.310 e. The number of hydrogen-bond donors (Lipinski definition) is 0. The molecule has 0 spiro atoms. The summed E-state index contributed by atoms with van der Waals surface area (Å²) in [6, 6.07) is 68.9. The van der Waals surface area contributed by atoms with Crippen molar-refractivity contribution in [2.24, 2.45) is 0 Å². The predicted octanol–water partition coefficient (Wildman–Crippen LogP) is 17.5. The summed E-state index contributed by atoms with van der Waals surface area (Å²) in [5, 5.41) is 4.18. The van der Waals surface area contributed by atoms with Crippen molar-refractivity contribution in [3.05, 3.63) is 261 Å². The largest absolute Gasteiger partial charge is 0.310 e. The van der Waals surface area contributed by atoms with Crippen LogP contribution in [-0.4, -0.2) is 0 Å². The van der Waals surface area contributed by atoms with Gasteiger partial charge >= 0.3 is 0 Å². The van der Waals surface area contributed by atoms with E-state index in [0.29, 0.717) is 27.9 Å². The van der Waals surface area contributed by atoms with Gasteiger partial charge in [0.15, 0.2) is 0 Å². The Morgan fingerprint density at radius 3 is 1.56 bits per heavy atom. The van der Waals surface area contributed by atoms with Crippen LogP contribution in [0.15, 0.2) is 261 Å². The number of fused-ring (bicyclic) bond motifs is 2. The first kappa shape index (κ1) is 30.7. The van der Waals surface area contributed by atoms with E-state index in [1.54, 1.807) is 4.90 Å². The highest BCUT2D eigenvalue weighted by molar-refractivity contribution is 6.04. The van der Waals surface area contributed by atoms with Crippen molar-refractivity contribution < 1.29 is 9.60 Å². The van der Waals surface area contributed by atoms with Gasteiger partial charge in [-0.15, -0.1) is 0 Å². The molecule has 0 N–H and O–H groups in total. The molecule has 296 valence electrons. The van der Waals surface area contributed by atoms with Crippen molar-refractivity contribution in [1.29, 1.82) is 0 Å². The molecule has 0 amide bonds. The van der Waals surface area contributed by atoms with Crippen LogP contribution in [0.2, 0.25) is 0 Å². The van der Waals surface area contributed by atoms with Crippen molar-refractivity contribution in [1.82, 2.24) is 0 Å². The van der Waals surface area contributed by atoms with Crippen LogP contribution >= 0.6 is 0 Å². The molecule has 11 aromatic carbocycles. The third-order valence-electron chi connectivity index (χ3n) is 11.7. The Labute approximate surface area is 379 Å². The molecule has 0 saturated heterocycles. The molecule has 0 fully saturated rings. The molecule has 0 bridgehead atoms. The SMILES string of the molecule is [2H]c1c([2H])c(N(c2ccc(-c3cccc(-c4cccc5ccccc45)c3)cc2)c2c([2H])c([2H])c(-c3ccc4ccccc4c3-c3ccccc3)c([2H])c2[2H])c(-c2ccccc2)c([2H])c1-c1ccccc1. The van der Waals surface area contributed by atoms with Gasteiger partial charge in [0, 0.05) is 16.9 Å². The van der Waals surface area contributed by atoms with Gasteiger partial charge in [0.05, 0.1) is 15.3 Å². The summed E-state index contributed by atoms with van der Waals surface area (Å²) < 4.78 is 69.1. The number of benzene rings is 11. The summed E-state index contributed by atoms with van der Waals surface area (Å²) in [5.41, 5.74) is 8.57. The van der Waals surface area contributed by atoms with E-state index in [2.05, 4.69) is 48.5 Å². The maximum atomic E-state index is 9.97. The van der Waals surface area contributed by atoms with Crippen molar-refractivity contribution >= 4 is 38.6 Å². The monoisotopic (exact) mass is 808 g/mol. The lowest BCUT2D eigenvalue weighted by atomic mass is 9.89. The van der Waals surface area contributed by atoms with Gasteiger partial charge in [0.1, 0.15) is 0 Å². The molecular formula is C62H43N. The third-order valence-corrected chi connectivity index (χ3v) is 11.7. The topological polar surface area (TPSA) is 3.24 Å². The van der Waals surface area contributed by atoms with E-state index in [4.69, 9.17) is 0 Å². The first-order valence-corrected chi connectivity index (χ1v) is 21.1. The molecule has 0 aromatic heterocycles. The zero-order chi connectivity index (χ0) is 48.0. The minimum atomic E-state index is -0.335. The van der Waals surface area contributed by atoms with E-state index in [0.717, 1.165) is 54.9 Å². The van der Waals surface area contributed by atoms with E-state index < -0.39 is 0 Å². The molecule has 11 rings (SSSR count). The van der Waals surface area contributed by atoms with Gasteiger partial charge in [-0.1, -0.05) is 218 Å². The smallest absolute Gasteiger partial charge is 0.0645 e. The van der Waals surface area contributed by atoms with Crippen LogP contribution in [0.1, 0.15) is 9.60 Å². The zero-order valence-corrected chi connectivity index (χ0v) is 34.2. The highest BCUT2D eigenvalue weighted by Crippen LogP contribution is 2.45. The van der Waals surface area contributed by atoms with Gasteiger partial charge in [-0.05, 0) is 125 Å². The Morgan fingerprint density at radius 2 is 0.825 bits per heavy atom. The second-order valence-corrected chi connectivity index (χ2v) is 15.5. The highest BCUT2D eigenvalue weighted by atomic mass is 15.1. The van der Waals surface area contributed by atoms with Crippen LogP contribution in [0.3, 0.4) is 0 Å². The minimum absolute atomic E-state index is 0.00388. The highest BCUT2D eigenvalue weighted by Gasteiger charge is 2.20. The summed E-state index contributed by atoms with van der Waals surface area (Å²) in [6.07, 6.45) is 0. The molecule has 1 nitrogen and oxygen atoms in total. The average Bonchev–Trinajstić information content (AvgIpc) is 3.41. The fourth-order valence-corrected chi connectivity index (χ4v) is 8.59. The summed E-state index contributed by atoms with van der Waals surface area (Å²) in [4.78, 5) is 1.56. The molecule has 0 aliphatic heterocycles. The first-order chi connectivity index (χ1) is 34.2. The molecule has 0 saturated carbocycles. The maximum absolute atomic E-state index is 9.97. The van der Waals surface area contributed by atoms with Gasteiger partial charge in [-0.25, -0.2) is 0 Å². The average molecular weight is 809 g/mol. The Bertz CT molecular complexity index is 3750. The van der Waals surface area contributed by atoms with Crippen LogP contribution in [-0.2, 0) is 0 Å². The molecule has 0 heterocycles. The fourth-order valence-electron chi connectivity index (χ4n) is 8.59. The van der Waals surface area contributed by atoms with Gasteiger partial charge in [0.25, 0.3) is 0 Å². The Hall–Kier alpha value is -8.26. The number of anilines is 3. The lowest BCUT2D eigenvalue weighted by Crippen LogP contribution is -2.11. The lowest BCUT2D eigenvalue weighted by molar-refractivity contribution is 1.28. The first-order valence-electron chi connectivity index (χ1n) is 24.6. The standard InChI is InChI=1S/C62H43N/c1-4-16-44(17-5-1)52-35-41-61(60(43-52)47-18-6-2-7-19-47)63(54-36-30-45(31-37-54)51-25-14-26-53(42-51)57-29-15-24-46-20-10-12-27-56(46)57)55-38-32-49(33-39-55)59-40-34-48-21-11-13-28-58(48)62(59)50-22-8-3-9-23-50/h1-43H/i32D,33D,35D,38D,39D,41D,43D. The van der Waals surface area contributed by atoms with Crippen LogP contribution in [0.25, 0.3) is 88.3 Å². The molecule has 0 radical (unpaired) electrons. The van der Waals surface area contributed by atoms with E-state index in [9.17, 15) is 9.60 Å². The second-order valence-electron chi connectivity index (χ2n) is 15.5. The Balaban J connectivity index is 1.16. The van der Waals surface area contributed by atoms with E-state index >= 15 is 0 Å². The van der Waals surface area contributed by atoms with Crippen LogP contribution < -0.4 is 4.90 Å². The quantitative estimate of drug-likeness (QED) is 0.140. The van der Waals surface area contributed by atoms with Gasteiger partial charge in [0.2, 0.25) is 0 Å². The molecule has 0 atom stereocenters. The molecule has 63 heavy (non-hydrogen) atoms. The van der Waals surface area contributed by atoms with E-state index in [-0.39, 0.29) is 64.8 Å². The molecule has 1 heteroatoms. The summed E-state index contributed by atoms with van der Waals surface area (Å²) in [7, 11) is 0. The van der Waals surface area contributed by atoms with E-state index in [1.165, 1.54) is 0 Å².